The summed E-state index contributed by atoms with van der Waals surface area (Å²) in [5.74, 6) is 0. The molecule has 0 amide bonds. The molecule has 0 radical (unpaired) electrons. The Morgan fingerprint density at radius 1 is 0.600 bits per heavy atom. The molecule has 148 valence electrons. The van der Waals surface area contributed by atoms with Crippen molar-refractivity contribution in [1.82, 2.24) is 0 Å². The molecule has 0 spiro atoms. The first-order valence-corrected chi connectivity index (χ1v) is 14.7. The summed E-state index contributed by atoms with van der Waals surface area (Å²) in [6.45, 7) is 3.31. The highest BCUT2D eigenvalue weighted by molar-refractivity contribution is 9.42. The van der Waals surface area contributed by atoms with E-state index in [1.54, 1.807) is 0 Å². The van der Waals surface area contributed by atoms with E-state index in [1.165, 1.54) is 0 Å². The van der Waals surface area contributed by atoms with Crippen molar-refractivity contribution in [1.29, 1.82) is 0 Å². The average molecular weight is 1000 g/mol. The van der Waals surface area contributed by atoms with Gasteiger partial charge in [0, 0.05) is 0 Å². The predicted molar refractivity (Wildman–Crippen MR) is 138 cm³/mol. The van der Waals surface area contributed by atoms with Crippen LogP contribution in [0.2, 0.25) is 0 Å². The fourth-order valence-electron chi connectivity index (χ4n) is 2.45. The fraction of sp³-hybridized carbons (Fsp3) is 1.00. The third-order valence-corrected chi connectivity index (χ3v) is 20.0. The number of alkyl halides is 10. The van der Waals surface area contributed by atoms with E-state index < -0.39 is 10.8 Å². The molecule has 0 aromatic heterocycles. The SMILES string of the molecule is BrC(Br)(Br)C(Br)(Br)C1(COCC2(C(Br)(Br)C(Br)(Br)Br)COC2)COC1. The monoisotopic (exact) mass is 993 g/mol. The third kappa shape index (κ3) is 4.88. The van der Waals surface area contributed by atoms with Gasteiger partial charge in [0.15, 0.2) is 4.29 Å². The van der Waals surface area contributed by atoms with E-state index in [4.69, 9.17) is 14.2 Å². The van der Waals surface area contributed by atoms with Crippen molar-refractivity contribution >= 4 is 159 Å². The molecule has 0 unspecified atom stereocenters. The summed E-state index contributed by atoms with van der Waals surface area (Å²) >= 11 is 36.7. The number of rotatable bonds is 6. The van der Waals surface area contributed by atoms with Crippen LogP contribution in [0.3, 0.4) is 0 Å². The highest BCUT2D eigenvalue weighted by Crippen LogP contribution is 2.65. The van der Waals surface area contributed by atoms with Gasteiger partial charge in [-0.3, -0.25) is 0 Å². The minimum Gasteiger partial charge on any atom is -0.380 e. The zero-order valence-corrected chi connectivity index (χ0v) is 28.1. The molecule has 3 nitrogen and oxygen atoms in total. The number of ether oxygens (including phenoxy) is 3. The lowest BCUT2D eigenvalue weighted by atomic mass is 9.82. The first-order chi connectivity index (χ1) is 11.1. The lowest BCUT2D eigenvalue weighted by molar-refractivity contribution is -0.187. The van der Waals surface area contributed by atoms with Crippen LogP contribution in [0.1, 0.15) is 0 Å². The molecular weight excluding hydrogens is 991 g/mol. The zero-order valence-electron chi connectivity index (χ0n) is 12.2. The lowest BCUT2D eigenvalue weighted by Crippen LogP contribution is -2.63. The molecule has 2 heterocycles. The van der Waals surface area contributed by atoms with E-state index in [0.29, 0.717) is 39.6 Å². The van der Waals surface area contributed by atoms with Gasteiger partial charge in [-0.15, -0.1) is 0 Å². The molecule has 2 fully saturated rings. The Hall–Kier alpha value is 4.68. The summed E-state index contributed by atoms with van der Waals surface area (Å²) in [5, 5.41) is 0. The van der Waals surface area contributed by atoms with E-state index in [2.05, 4.69) is 159 Å². The van der Waals surface area contributed by atoms with Crippen LogP contribution in [0.15, 0.2) is 0 Å². The second-order valence-electron chi connectivity index (χ2n) is 6.18. The number of hydrogen-bond donors (Lipinski definition) is 0. The Bertz CT molecular complexity index is 446. The van der Waals surface area contributed by atoms with Crippen LogP contribution in [-0.4, -0.2) is 50.4 Å². The molecule has 0 N–H and O–H groups in total. The molecule has 2 rings (SSSR count). The number of hydrogen-bond acceptors (Lipinski definition) is 3. The fourth-order valence-corrected chi connectivity index (χ4v) is 6.35. The van der Waals surface area contributed by atoms with E-state index in [0.717, 1.165) is 0 Å². The summed E-state index contributed by atoms with van der Waals surface area (Å²) in [6, 6.07) is 0. The van der Waals surface area contributed by atoms with Crippen LogP contribution >= 0.6 is 159 Å². The van der Waals surface area contributed by atoms with Crippen molar-refractivity contribution in [2.24, 2.45) is 10.8 Å². The third-order valence-electron chi connectivity index (χ3n) is 4.31. The lowest BCUT2D eigenvalue weighted by Gasteiger charge is -2.55. The summed E-state index contributed by atoms with van der Waals surface area (Å²) in [7, 11) is 0. The molecule has 0 aromatic carbocycles. The maximum Gasteiger partial charge on any atom is 0.160 e. The topological polar surface area (TPSA) is 27.7 Å². The highest BCUT2D eigenvalue weighted by Gasteiger charge is 2.64. The van der Waals surface area contributed by atoms with Crippen LogP contribution in [-0.2, 0) is 14.2 Å². The summed E-state index contributed by atoms with van der Waals surface area (Å²) in [6.07, 6.45) is 0. The summed E-state index contributed by atoms with van der Waals surface area (Å²) < 4.78 is 15.0. The maximum absolute atomic E-state index is 6.21. The van der Waals surface area contributed by atoms with Crippen molar-refractivity contribution in [3.05, 3.63) is 0 Å². The molecule has 2 aliphatic rings. The molecule has 2 saturated heterocycles. The molecule has 0 aliphatic carbocycles. The molecule has 0 atom stereocenters. The average Bonchev–Trinajstić information content (AvgIpc) is 2.31. The van der Waals surface area contributed by atoms with Gasteiger partial charge in [0.25, 0.3) is 0 Å². The van der Waals surface area contributed by atoms with Crippen molar-refractivity contribution in [2.45, 2.75) is 10.8 Å². The second kappa shape index (κ2) is 8.90. The smallest absolute Gasteiger partial charge is 0.160 e. The van der Waals surface area contributed by atoms with Crippen molar-refractivity contribution < 1.29 is 14.2 Å². The molecular formula is C12H12Br10O3. The summed E-state index contributed by atoms with van der Waals surface area (Å²) in [5.41, 5.74) is -0.518. The molecule has 25 heavy (non-hydrogen) atoms. The largest absolute Gasteiger partial charge is 0.380 e. The van der Waals surface area contributed by atoms with E-state index in [9.17, 15) is 0 Å². The Balaban J connectivity index is 2.08. The van der Waals surface area contributed by atoms with Gasteiger partial charge in [0.05, 0.1) is 50.5 Å². The Morgan fingerprint density at radius 3 is 1.04 bits per heavy atom. The van der Waals surface area contributed by atoms with Gasteiger partial charge >= 0.3 is 0 Å². The van der Waals surface area contributed by atoms with Crippen molar-refractivity contribution in [2.75, 3.05) is 39.6 Å². The molecule has 0 saturated carbocycles. The van der Waals surface area contributed by atoms with Crippen molar-refractivity contribution in [3.8, 4) is 0 Å². The van der Waals surface area contributed by atoms with Gasteiger partial charge in [-0.2, -0.15) is 0 Å². The van der Waals surface area contributed by atoms with Crippen LogP contribution in [0.4, 0.5) is 0 Å². The summed E-state index contributed by atoms with van der Waals surface area (Å²) in [4.78, 5) is 0. The van der Waals surface area contributed by atoms with Gasteiger partial charge in [0.2, 0.25) is 0 Å². The van der Waals surface area contributed by atoms with Gasteiger partial charge in [-0.25, -0.2) is 0 Å². The Labute approximate surface area is 231 Å². The first kappa shape index (κ1) is 25.9. The molecule has 0 bridgehead atoms. The van der Waals surface area contributed by atoms with Gasteiger partial charge in [-0.05, 0) is 0 Å². The molecule has 0 aromatic rings. The van der Waals surface area contributed by atoms with Crippen molar-refractivity contribution in [3.63, 3.8) is 0 Å². The minimum absolute atomic E-state index is 0.259. The Morgan fingerprint density at radius 2 is 0.880 bits per heavy atom. The second-order valence-corrected chi connectivity index (χ2v) is 26.6. The quantitative estimate of drug-likeness (QED) is 0.256. The van der Waals surface area contributed by atoms with E-state index >= 15 is 0 Å². The van der Waals surface area contributed by atoms with Crippen LogP contribution < -0.4 is 0 Å². The van der Waals surface area contributed by atoms with Crippen LogP contribution in [0, 0.1) is 10.8 Å². The van der Waals surface area contributed by atoms with Crippen LogP contribution in [0.25, 0.3) is 0 Å². The van der Waals surface area contributed by atoms with Gasteiger partial charge in [-0.1, -0.05) is 159 Å². The van der Waals surface area contributed by atoms with E-state index in [1.807, 2.05) is 0 Å². The standard InChI is InChI=1S/C12H12Br10O3/c13-9(14,11(17,18)19)7(1-23-2-7)5-25-6-8(3-24-4-8)10(15,16)12(20,21)22/h1-6H2. The van der Waals surface area contributed by atoms with E-state index in [-0.39, 0.29) is 10.8 Å². The maximum atomic E-state index is 6.21. The Kier molecular flexibility index (Phi) is 9.24. The van der Waals surface area contributed by atoms with Crippen LogP contribution in [0.5, 0.6) is 0 Å². The normalized spacial score (nSPS) is 23.8. The van der Waals surface area contributed by atoms with Gasteiger partial charge < -0.3 is 14.2 Å². The first-order valence-electron chi connectivity index (χ1n) is 6.74. The minimum atomic E-state index is -0.560. The highest BCUT2D eigenvalue weighted by atomic mass is 80.0. The molecule has 2 aliphatic heterocycles. The molecule has 13 heteroatoms. The van der Waals surface area contributed by atoms with Gasteiger partial charge in [0.1, 0.15) is 6.47 Å². The zero-order chi connectivity index (χ0) is 19.4. The number of halogens is 10. The predicted octanol–water partition coefficient (Wildman–Crippen LogP) is 7.69.